The predicted octanol–water partition coefficient (Wildman–Crippen LogP) is 2.48. The second kappa shape index (κ2) is 5.96. The van der Waals surface area contributed by atoms with Crippen molar-refractivity contribution in [3.05, 3.63) is 59.9 Å². The van der Waals surface area contributed by atoms with Crippen molar-refractivity contribution in [2.75, 3.05) is 0 Å². The minimum Gasteiger partial charge on any atom is -0.235 e. The smallest absolute Gasteiger partial charge is 0.162 e. The van der Waals surface area contributed by atoms with Crippen molar-refractivity contribution in [2.24, 2.45) is 0 Å². The summed E-state index contributed by atoms with van der Waals surface area (Å²) in [6.07, 6.45) is 5.44. The number of aromatic nitrogens is 4. The fraction of sp³-hybridized carbons (Fsp3) is 0. The molecule has 0 amide bonds. The second-order valence-corrected chi connectivity index (χ2v) is 4.51. The topological polar surface area (TPSA) is 99.1 Å². The van der Waals surface area contributed by atoms with Crippen LogP contribution in [0, 0.1) is 28.5 Å². The van der Waals surface area contributed by atoms with Gasteiger partial charge in [-0.3, -0.25) is 0 Å². The SMILES string of the molecule is N#Cc1cnc(-c2ccc(F)c(-c3ncc(C#N)cn3)c2)nc1. The van der Waals surface area contributed by atoms with E-state index in [2.05, 4.69) is 19.9 Å². The summed E-state index contributed by atoms with van der Waals surface area (Å²) in [4.78, 5) is 16.1. The molecule has 2 heterocycles. The Morgan fingerprint density at radius 2 is 1.30 bits per heavy atom. The van der Waals surface area contributed by atoms with Crippen molar-refractivity contribution in [3.63, 3.8) is 0 Å². The number of rotatable bonds is 2. The van der Waals surface area contributed by atoms with E-state index in [0.29, 0.717) is 22.5 Å². The number of hydrogen-bond donors (Lipinski definition) is 0. The van der Waals surface area contributed by atoms with E-state index in [-0.39, 0.29) is 11.4 Å². The van der Waals surface area contributed by atoms with Crippen LogP contribution in [0.5, 0.6) is 0 Å². The zero-order valence-electron chi connectivity index (χ0n) is 11.6. The van der Waals surface area contributed by atoms with Gasteiger partial charge in [-0.15, -0.1) is 0 Å². The maximum absolute atomic E-state index is 14.0. The van der Waals surface area contributed by atoms with Gasteiger partial charge in [0.2, 0.25) is 0 Å². The van der Waals surface area contributed by atoms with Gasteiger partial charge in [-0.25, -0.2) is 24.3 Å². The van der Waals surface area contributed by atoms with Gasteiger partial charge >= 0.3 is 0 Å². The molecule has 108 valence electrons. The van der Waals surface area contributed by atoms with E-state index >= 15 is 0 Å². The number of benzene rings is 1. The van der Waals surface area contributed by atoms with Crippen molar-refractivity contribution in [1.29, 1.82) is 10.5 Å². The van der Waals surface area contributed by atoms with Gasteiger partial charge in [-0.1, -0.05) is 0 Å². The van der Waals surface area contributed by atoms with Gasteiger partial charge in [0.15, 0.2) is 11.6 Å². The molecule has 0 saturated heterocycles. The number of hydrogen-bond acceptors (Lipinski definition) is 6. The highest BCUT2D eigenvalue weighted by molar-refractivity contribution is 5.66. The molecule has 0 saturated carbocycles. The minimum atomic E-state index is -0.493. The largest absolute Gasteiger partial charge is 0.235 e. The van der Waals surface area contributed by atoms with Crippen LogP contribution in [-0.4, -0.2) is 19.9 Å². The molecule has 0 aliphatic carbocycles. The Hall–Kier alpha value is -3.71. The molecule has 3 aromatic rings. The van der Waals surface area contributed by atoms with E-state index in [1.165, 1.54) is 43.0 Å². The molecular formula is C16H7FN6. The van der Waals surface area contributed by atoms with E-state index in [1.54, 1.807) is 0 Å². The molecule has 1 aromatic carbocycles. The quantitative estimate of drug-likeness (QED) is 0.721. The first-order valence-electron chi connectivity index (χ1n) is 6.46. The van der Waals surface area contributed by atoms with Crippen molar-refractivity contribution < 1.29 is 4.39 Å². The molecule has 0 bridgehead atoms. The Morgan fingerprint density at radius 3 is 1.83 bits per heavy atom. The molecular weight excluding hydrogens is 295 g/mol. The fourth-order valence-corrected chi connectivity index (χ4v) is 1.90. The lowest BCUT2D eigenvalue weighted by atomic mass is 10.1. The van der Waals surface area contributed by atoms with Crippen LogP contribution in [0.2, 0.25) is 0 Å². The van der Waals surface area contributed by atoms with Crippen LogP contribution >= 0.6 is 0 Å². The van der Waals surface area contributed by atoms with E-state index in [9.17, 15) is 4.39 Å². The average molecular weight is 302 g/mol. The van der Waals surface area contributed by atoms with Crippen LogP contribution in [0.15, 0.2) is 43.0 Å². The predicted molar refractivity (Wildman–Crippen MR) is 77.9 cm³/mol. The van der Waals surface area contributed by atoms with Crippen molar-refractivity contribution in [2.45, 2.75) is 0 Å². The van der Waals surface area contributed by atoms with Gasteiger partial charge in [-0.05, 0) is 18.2 Å². The highest BCUT2D eigenvalue weighted by atomic mass is 19.1. The Balaban J connectivity index is 2.04. The third-order valence-electron chi connectivity index (χ3n) is 3.03. The van der Waals surface area contributed by atoms with E-state index in [4.69, 9.17) is 10.5 Å². The summed E-state index contributed by atoms with van der Waals surface area (Å²) >= 11 is 0. The van der Waals surface area contributed by atoms with Crippen LogP contribution in [0.4, 0.5) is 4.39 Å². The molecule has 7 heteroatoms. The van der Waals surface area contributed by atoms with E-state index in [1.807, 2.05) is 12.1 Å². The Bertz CT molecular complexity index is 936. The molecule has 0 aliphatic heterocycles. The third kappa shape index (κ3) is 2.85. The molecule has 6 nitrogen and oxygen atoms in total. The normalized spacial score (nSPS) is 9.87. The lowest BCUT2D eigenvalue weighted by molar-refractivity contribution is 0.630. The van der Waals surface area contributed by atoms with Gasteiger partial charge in [-0.2, -0.15) is 10.5 Å². The molecule has 0 fully saturated rings. The zero-order valence-corrected chi connectivity index (χ0v) is 11.6. The molecule has 23 heavy (non-hydrogen) atoms. The first kappa shape index (κ1) is 14.2. The summed E-state index contributed by atoms with van der Waals surface area (Å²) in [7, 11) is 0. The van der Waals surface area contributed by atoms with E-state index < -0.39 is 5.82 Å². The molecule has 2 aromatic heterocycles. The summed E-state index contributed by atoms with van der Waals surface area (Å²) < 4.78 is 14.0. The number of nitrogens with zero attached hydrogens (tertiary/aromatic N) is 6. The van der Waals surface area contributed by atoms with Crippen molar-refractivity contribution >= 4 is 0 Å². The fourth-order valence-electron chi connectivity index (χ4n) is 1.90. The van der Waals surface area contributed by atoms with E-state index in [0.717, 1.165) is 0 Å². The van der Waals surface area contributed by atoms with Crippen LogP contribution in [-0.2, 0) is 0 Å². The van der Waals surface area contributed by atoms with Crippen LogP contribution in [0.25, 0.3) is 22.8 Å². The first-order valence-corrected chi connectivity index (χ1v) is 6.46. The monoisotopic (exact) mass is 302 g/mol. The summed E-state index contributed by atoms with van der Waals surface area (Å²) in [5, 5.41) is 17.5. The van der Waals surface area contributed by atoms with Crippen molar-refractivity contribution in [1.82, 2.24) is 19.9 Å². The molecule has 0 N–H and O–H groups in total. The first-order chi connectivity index (χ1) is 11.2. The highest BCUT2D eigenvalue weighted by Gasteiger charge is 2.11. The van der Waals surface area contributed by atoms with Crippen molar-refractivity contribution in [3.8, 4) is 34.9 Å². The Kier molecular flexibility index (Phi) is 3.69. The summed E-state index contributed by atoms with van der Waals surface area (Å²) in [6.45, 7) is 0. The molecule has 0 radical (unpaired) electrons. The minimum absolute atomic E-state index is 0.164. The lowest BCUT2D eigenvalue weighted by Gasteiger charge is -2.05. The molecule has 0 unspecified atom stereocenters. The van der Waals surface area contributed by atoms with Gasteiger partial charge in [0.05, 0.1) is 16.7 Å². The summed E-state index contributed by atoms with van der Waals surface area (Å²) in [6, 6.07) is 8.16. The van der Waals surface area contributed by atoms with Gasteiger partial charge in [0.1, 0.15) is 18.0 Å². The zero-order chi connectivity index (χ0) is 16.2. The number of nitriles is 2. The Morgan fingerprint density at radius 1 is 0.783 bits per heavy atom. The maximum atomic E-state index is 14.0. The van der Waals surface area contributed by atoms with Gasteiger partial charge < -0.3 is 0 Å². The molecule has 0 spiro atoms. The Labute approximate surface area is 130 Å². The standard InChI is InChI=1S/C16H7FN6/c17-14-2-1-12(15-20-6-10(4-18)7-21-15)3-13(14)16-22-8-11(5-19)9-23-16/h1-3,6-9H. The number of halogens is 1. The van der Waals surface area contributed by atoms with Crippen LogP contribution in [0.3, 0.4) is 0 Å². The molecule has 0 aliphatic rings. The second-order valence-electron chi connectivity index (χ2n) is 4.51. The average Bonchev–Trinajstić information content (AvgIpc) is 2.62. The van der Waals surface area contributed by atoms with Crippen LogP contribution in [0.1, 0.15) is 11.1 Å². The maximum Gasteiger partial charge on any atom is 0.162 e. The highest BCUT2D eigenvalue weighted by Crippen LogP contribution is 2.25. The van der Waals surface area contributed by atoms with Gasteiger partial charge in [0, 0.05) is 30.4 Å². The summed E-state index contributed by atoms with van der Waals surface area (Å²) in [5.74, 6) is 0.0305. The van der Waals surface area contributed by atoms with Gasteiger partial charge in [0.25, 0.3) is 0 Å². The third-order valence-corrected chi connectivity index (χ3v) is 3.03. The molecule has 3 rings (SSSR count). The van der Waals surface area contributed by atoms with Crippen LogP contribution < -0.4 is 0 Å². The summed E-state index contributed by atoms with van der Waals surface area (Å²) in [5.41, 5.74) is 1.38. The lowest BCUT2D eigenvalue weighted by Crippen LogP contribution is -1.95. The molecule has 0 atom stereocenters.